The summed E-state index contributed by atoms with van der Waals surface area (Å²) >= 11 is 6.81. The second kappa shape index (κ2) is 22.7. The van der Waals surface area contributed by atoms with Gasteiger partial charge in [-0.2, -0.15) is 0 Å². The lowest BCUT2D eigenvalue weighted by Crippen LogP contribution is -2.10. The van der Waals surface area contributed by atoms with E-state index in [1.165, 1.54) is 21.9 Å². The van der Waals surface area contributed by atoms with Crippen molar-refractivity contribution >= 4 is 128 Å². The van der Waals surface area contributed by atoms with Gasteiger partial charge in [-0.3, -0.25) is 0 Å². The molecule has 13 aromatic rings. The van der Waals surface area contributed by atoms with Crippen molar-refractivity contribution in [2.75, 3.05) is 10.6 Å². The first-order valence-corrected chi connectivity index (χ1v) is 29.1. The zero-order valence-electron chi connectivity index (χ0n) is 47.5. The molecule has 10 aromatic carbocycles. The third kappa shape index (κ3) is 11.6. The van der Waals surface area contributed by atoms with Gasteiger partial charge in [0.1, 0.15) is 33.7 Å². The highest BCUT2D eigenvalue weighted by molar-refractivity contribution is 9.10. The van der Waals surface area contributed by atoms with E-state index < -0.39 is 0 Å². The molecule has 0 fully saturated rings. The number of rotatable bonds is 8. The van der Waals surface area contributed by atoms with Crippen molar-refractivity contribution in [3.8, 4) is 28.0 Å². The molecule has 3 heterocycles. The number of hydrogen-bond acceptors (Lipinski definition) is 7. The van der Waals surface area contributed by atoms with E-state index in [4.69, 9.17) is 22.9 Å². The smallest absolute Gasteiger partial charge is 0.535 e. The minimum atomic E-state index is -0.00398. The van der Waals surface area contributed by atoms with E-state index in [2.05, 4.69) is 232 Å². The zero-order chi connectivity index (χ0) is 57.5. The molecule has 0 aliphatic rings. The predicted octanol–water partition coefficient (Wildman–Crippen LogP) is 21.9. The molecule has 1 radical (unpaired) electrons. The van der Waals surface area contributed by atoms with Crippen molar-refractivity contribution < 1.29 is 22.9 Å². The molecule has 0 aliphatic heterocycles. The molecule has 0 saturated heterocycles. The number of fused-ring (bicyclic) bond motifs is 9. The maximum Gasteiger partial charge on any atom is 0.569 e. The first-order valence-electron chi connectivity index (χ1n) is 27.6. The maximum absolute atomic E-state index is 8.85. The van der Waals surface area contributed by atoms with Crippen LogP contribution < -0.4 is 15.3 Å². The van der Waals surface area contributed by atoms with Crippen LogP contribution in [0.3, 0.4) is 0 Å². The summed E-state index contributed by atoms with van der Waals surface area (Å²) in [6, 6.07) is 71.0. The maximum atomic E-state index is 8.85. The van der Waals surface area contributed by atoms with Crippen LogP contribution in [0.4, 0.5) is 22.7 Å². The van der Waals surface area contributed by atoms with E-state index in [0.717, 1.165) is 109 Å². The molecule has 0 amide bonds. The summed E-state index contributed by atoms with van der Waals surface area (Å²) in [5, 5.41) is 22.4. The van der Waals surface area contributed by atoms with Crippen LogP contribution in [0.1, 0.15) is 79.0 Å². The Labute approximate surface area is 496 Å². The molecule has 0 unspecified atom stereocenters. The molecule has 82 heavy (non-hydrogen) atoms. The summed E-state index contributed by atoms with van der Waals surface area (Å²) in [5.74, 6) is 0.515. The van der Waals surface area contributed by atoms with Crippen molar-refractivity contribution in [3.05, 3.63) is 232 Å². The van der Waals surface area contributed by atoms with E-state index in [-0.39, 0.29) is 16.2 Å². The van der Waals surface area contributed by atoms with Gasteiger partial charge in [-0.25, -0.2) is 0 Å². The number of para-hydroxylation sites is 6. The van der Waals surface area contributed by atoms with Crippen molar-refractivity contribution in [1.29, 1.82) is 0 Å². The van der Waals surface area contributed by atoms with E-state index in [1.54, 1.807) is 6.07 Å². The largest absolute Gasteiger partial charge is 0.569 e. The Morgan fingerprint density at radius 3 is 0.951 bits per heavy atom. The van der Waals surface area contributed by atoms with Crippen LogP contribution in [0.2, 0.25) is 0 Å². The van der Waals surface area contributed by atoms with E-state index in [9.17, 15) is 0 Å². The fourth-order valence-electron chi connectivity index (χ4n) is 10.7. The zero-order valence-corrected chi connectivity index (χ0v) is 50.7. The SMILES string of the molecule is Brc1ccc(Nc2ccc(Br)cc2)cc1.CC(C)(C)c1cccc2c1oc1c(-c3ccc(Nc4ccc(-c5cccc6c5oc5c(C(C)(C)C)cccc56)cc4)cc3)cccc12.CC(C)(C)c1cccc2c1oc1c(O[B]O)cccc12. The topological polar surface area (TPSA) is 92.9 Å². The van der Waals surface area contributed by atoms with Crippen LogP contribution in [-0.2, 0) is 16.2 Å². The Morgan fingerprint density at radius 1 is 0.341 bits per heavy atom. The van der Waals surface area contributed by atoms with Gasteiger partial charge in [0.25, 0.3) is 0 Å². The third-order valence-electron chi connectivity index (χ3n) is 14.8. The molecule has 3 aromatic heterocycles. The number of halogens is 2. The predicted molar refractivity (Wildman–Crippen MR) is 352 cm³/mol. The molecular weight excluding hydrogens is 1140 g/mol. The highest BCUT2D eigenvalue weighted by Gasteiger charge is 2.25. The second-order valence-corrected chi connectivity index (χ2v) is 25.6. The average molecular weight is 1210 g/mol. The van der Waals surface area contributed by atoms with Crippen LogP contribution in [0, 0.1) is 0 Å². The monoisotopic (exact) mass is 1210 g/mol. The second-order valence-electron chi connectivity index (χ2n) is 23.7. The van der Waals surface area contributed by atoms with Gasteiger partial charge >= 0.3 is 7.69 Å². The van der Waals surface area contributed by atoms with Gasteiger partial charge in [-0.15, -0.1) is 0 Å². The van der Waals surface area contributed by atoms with Crippen molar-refractivity contribution in [2.45, 2.75) is 78.6 Å². The number of nitrogens with one attached hydrogen (secondary N) is 2. The van der Waals surface area contributed by atoms with Crippen LogP contribution in [0.15, 0.2) is 228 Å². The number of furan rings is 3. The molecule has 0 atom stereocenters. The molecule has 7 nitrogen and oxygen atoms in total. The van der Waals surface area contributed by atoms with Gasteiger partial charge < -0.3 is 33.6 Å². The van der Waals surface area contributed by atoms with Gasteiger partial charge in [0.15, 0.2) is 5.58 Å². The van der Waals surface area contributed by atoms with Gasteiger partial charge in [-0.05, 0) is 106 Å². The highest BCUT2D eigenvalue weighted by Crippen LogP contribution is 2.43. The fourth-order valence-corrected chi connectivity index (χ4v) is 11.2. The van der Waals surface area contributed by atoms with E-state index in [0.29, 0.717) is 19.0 Å². The molecule has 10 heteroatoms. The van der Waals surface area contributed by atoms with Gasteiger partial charge in [0.05, 0.1) is 0 Å². The molecule has 0 saturated carbocycles. The first-order chi connectivity index (χ1) is 39.3. The van der Waals surface area contributed by atoms with Crippen LogP contribution in [-0.4, -0.2) is 12.7 Å². The highest BCUT2D eigenvalue weighted by atomic mass is 79.9. The summed E-state index contributed by atoms with van der Waals surface area (Å²) in [6.07, 6.45) is 0. The number of benzene rings is 10. The lowest BCUT2D eigenvalue weighted by atomic mass is 9.86. The molecule has 0 spiro atoms. The normalized spacial score (nSPS) is 11.9. The summed E-state index contributed by atoms with van der Waals surface area (Å²) in [6.45, 7) is 19.9. The number of anilines is 4. The minimum absolute atomic E-state index is 0.00247. The van der Waals surface area contributed by atoms with Gasteiger partial charge in [0, 0.05) is 91.8 Å². The average Bonchev–Trinajstić information content (AvgIpc) is 4.05. The molecule has 0 bridgehead atoms. The summed E-state index contributed by atoms with van der Waals surface area (Å²) in [7, 11) is 0.673. The molecule has 409 valence electrons. The lowest BCUT2D eigenvalue weighted by molar-refractivity contribution is 0.450. The fraction of sp³-hybridized carbons (Fsp3) is 0.167. The summed E-state index contributed by atoms with van der Waals surface area (Å²) < 4.78 is 26.5. The molecule has 3 N–H and O–H groups in total. The minimum Gasteiger partial charge on any atom is -0.535 e. The van der Waals surface area contributed by atoms with Gasteiger partial charge in [-0.1, -0.05) is 222 Å². The Kier molecular flexibility index (Phi) is 15.5. The van der Waals surface area contributed by atoms with Crippen molar-refractivity contribution in [3.63, 3.8) is 0 Å². The Bertz CT molecular complexity index is 4190. The Balaban J connectivity index is 0.000000164. The summed E-state index contributed by atoms with van der Waals surface area (Å²) in [5.41, 5.74) is 17.7. The van der Waals surface area contributed by atoms with Crippen LogP contribution in [0.5, 0.6) is 5.75 Å². The van der Waals surface area contributed by atoms with E-state index >= 15 is 0 Å². The quantitative estimate of drug-likeness (QED) is 0.131. The van der Waals surface area contributed by atoms with Crippen LogP contribution in [0.25, 0.3) is 88.1 Å². The Morgan fingerprint density at radius 2 is 0.622 bits per heavy atom. The van der Waals surface area contributed by atoms with Crippen molar-refractivity contribution in [1.82, 2.24) is 0 Å². The summed E-state index contributed by atoms with van der Waals surface area (Å²) in [4.78, 5) is 0. The Hall–Kier alpha value is -8.02. The lowest BCUT2D eigenvalue weighted by Gasteiger charge is -2.18. The van der Waals surface area contributed by atoms with Crippen LogP contribution >= 0.6 is 31.9 Å². The molecule has 13 rings (SSSR count). The third-order valence-corrected chi connectivity index (χ3v) is 15.9. The van der Waals surface area contributed by atoms with Gasteiger partial charge in [0.2, 0.25) is 0 Å². The molecule has 0 aliphatic carbocycles. The standard InChI is InChI=1S/C44H39NO2.C16H16BO3.C12H9Br2N/c1-43(2,3)37-17-9-15-35-33-13-7-11-31(39(33)46-41(35)37)27-19-23-29(24-20-27)45-30-25-21-28(22-26-30)32-12-8-14-34-36-16-10-18-38(44(4,5)6)42(36)47-40(32)34;1-16(2,3)12-8-4-6-10-11-7-5-9-13(20-17-18)15(11)19-14(10)12;13-9-1-5-11(6-2-9)15-12-7-3-10(14)4-8-12/h7-26,45H,1-6H3;4-9,18H,1-3H3;1-8,15H. The molecular formula is C72H64BBr2N2O5. The first kappa shape index (κ1) is 55.9. The number of hydrogen-bond donors (Lipinski definition) is 3. The van der Waals surface area contributed by atoms with Crippen molar-refractivity contribution in [2.24, 2.45) is 0 Å². The van der Waals surface area contributed by atoms with E-state index in [1.807, 2.05) is 72.8 Å².